The molecular formula is C19H23ClN4O4. The van der Waals surface area contributed by atoms with Gasteiger partial charge in [0.1, 0.15) is 6.54 Å². The number of carbonyl (C=O) groups excluding carboxylic acids is 1. The van der Waals surface area contributed by atoms with Crippen LogP contribution in [-0.4, -0.2) is 48.9 Å². The van der Waals surface area contributed by atoms with E-state index in [9.17, 15) is 9.59 Å². The third-order valence-electron chi connectivity index (χ3n) is 4.33. The topological polar surface area (TPSA) is 85.7 Å². The lowest BCUT2D eigenvalue weighted by Gasteiger charge is -2.29. The highest BCUT2D eigenvalue weighted by Gasteiger charge is 2.20. The first-order valence-electron chi connectivity index (χ1n) is 8.96. The number of nitrogens with zero attached hydrogens (tertiary/aromatic N) is 3. The van der Waals surface area contributed by atoms with Crippen LogP contribution in [0.3, 0.4) is 0 Å². The number of halogens is 1. The summed E-state index contributed by atoms with van der Waals surface area (Å²) in [4.78, 5) is 31.8. The third-order valence-corrected chi connectivity index (χ3v) is 4.64. The molecule has 0 unspecified atom stereocenters. The average Bonchev–Trinajstić information content (AvgIpc) is 2.67. The summed E-state index contributed by atoms with van der Waals surface area (Å²) in [7, 11) is 1.54. The SMILES string of the molecule is COCc1cc(=O)n(CC(=O)Nc2ccc(C)cc2Cl)c(N2CCOCC2)n1. The summed E-state index contributed by atoms with van der Waals surface area (Å²) >= 11 is 6.18. The Hall–Kier alpha value is -2.42. The molecule has 1 N–H and O–H groups in total. The number of ether oxygens (including phenoxy) is 2. The van der Waals surface area contributed by atoms with E-state index >= 15 is 0 Å². The third kappa shape index (κ3) is 4.89. The van der Waals surface area contributed by atoms with Crippen molar-refractivity contribution in [3.63, 3.8) is 0 Å². The van der Waals surface area contributed by atoms with Crippen LogP contribution in [0, 0.1) is 6.92 Å². The van der Waals surface area contributed by atoms with Crippen molar-refractivity contribution in [2.75, 3.05) is 43.6 Å². The first-order valence-corrected chi connectivity index (χ1v) is 9.34. The van der Waals surface area contributed by atoms with E-state index in [4.69, 9.17) is 21.1 Å². The number of aromatic nitrogens is 2. The lowest BCUT2D eigenvalue weighted by molar-refractivity contribution is -0.116. The zero-order valence-electron chi connectivity index (χ0n) is 15.9. The van der Waals surface area contributed by atoms with Crippen LogP contribution in [0.2, 0.25) is 5.02 Å². The summed E-state index contributed by atoms with van der Waals surface area (Å²) in [5.74, 6) is 0.0802. The fourth-order valence-electron chi connectivity index (χ4n) is 2.97. The normalized spacial score (nSPS) is 14.2. The van der Waals surface area contributed by atoms with Crippen LogP contribution in [0.15, 0.2) is 29.1 Å². The highest BCUT2D eigenvalue weighted by atomic mass is 35.5. The second-order valence-corrected chi connectivity index (χ2v) is 6.94. The summed E-state index contributed by atoms with van der Waals surface area (Å²) in [5, 5.41) is 3.20. The van der Waals surface area contributed by atoms with Gasteiger partial charge in [0.2, 0.25) is 11.9 Å². The van der Waals surface area contributed by atoms with Crippen molar-refractivity contribution in [1.29, 1.82) is 0 Å². The Morgan fingerprint density at radius 2 is 2.07 bits per heavy atom. The number of hydrogen-bond donors (Lipinski definition) is 1. The van der Waals surface area contributed by atoms with E-state index in [1.54, 1.807) is 19.2 Å². The van der Waals surface area contributed by atoms with Gasteiger partial charge >= 0.3 is 0 Å². The van der Waals surface area contributed by atoms with Crippen molar-refractivity contribution in [2.45, 2.75) is 20.1 Å². The van der Waals surface area contributed by atoms with Crippen LogP contribution >= 0.6 is 11.6 Å². The molecule has 2 heterocycles. The Labute approximate surface area is 168 Å². The first-order chi connectivity index (χ1) is 13.5. The van der Waals surface area contributed by atoms with Crippen LogP contribution < -0.4 is 15.8 Å². The van der Waals surface area contributed by atoms with Crippen molar-refractivity contribution in [1.82, 2.24) is 9.55 Å². The van der Waals surface area contributed by atoms with Crippen LogP contribution in [0.5, 0.6) is 0 Å². The van der Waals surface area contributed by atoms with E-state index in [1.807, 2.05) is 17.9 Å². The molecule has 2 aromatic rings. The second kappa shape index (κ2) is 9.18. The van der Waals surface area contributed by atoms with Crippen LogP contribution in [0.4, 0.5) is 11.6 Å². The average molecular weight is 407 g/mol. The van der Waals surface area contributed by atoms with Crippen molar-refractivity contribution < 1.29 is 14.3 Å². The molecule has 0 saturated carbocycles. The van der Waals surface area contributed by atoms with E-state index in [0.717, 1.165) is 5.56 Å². The molecule has 1 aliphatic heterocycles. The minimum atomic E-state index is -0.358. The molecule has 0 radical (unpaired) electrons. The van der Waals surface area contributed by atoms with E-state index in [0.29, 0.717) is 48.7 Å². The van der Waals surface area contributed by atoms with E-state index in [-0.39, 0.29) is 24.6 Å². The quantitative estimate of drug-likeness (QED) is 0.787. The number of morpholine rings is 1. The maximum atomic E-state index is 12.7. The summed E-state index contributed by atoms with van der Waals surface area (Å²) in [6.07, 6.45) is 0. The van der Waals surface area contributed by atoms with Crippen LogP contribution in [0.25, 0.3) is 0 Å². The van der Waals surface area contributed by atoms with Crippen molar-refractivity contribution in [3.8, 4) is 0 Å². The number of amides is 1. The monoisotopic (exact) mass is 406 g/mol. The molecule has 0 bridgehead atoms. The maximum absolute atomic E-state index is 12.7. The highest BCUT2D eigenvalue weighted by Crippen LogP contribution is 2.23. The molecule has 150 valence electrons. The molecule has 1 aliphatic rings. The van der Waals surface area contributed by atoms with Gasteiger partial charge in [0.05, 0.1) is 36.2 Å². The number of hydrogen-bond acceptors (Lipinski definition) is 6. The van der Waals surface area contributed by atoms with Gasteiger partial charge in [0, 0.05) is 26.3 Å². The summed E-state index contributed by atoms with van der Waals surface area (Å²) in [6.45, 7) is 4.22. The van der Waals surface area contributed by atoms with Gasteiger partial charge < -0.3 is 19.7 Å². The number of nitrogens with one attached hydrogen (secondary N) is 1. The zero-order chi connectivity index (χ0) is 20.1. The predicted molar refractivity (Wildman–Crippen MR) is 107 cm³/mol. The molecule has 1 saturated heterocycles. The molecular weight excluding hydrogens is 384 g/mol. The molecule has 8 nitrogen and oxygen atoms in total. The van der Waals surface area contributed by atoms with Crippen LogP contribution in [-0.2, 0) is 27.4 Å². The Balaban J connectivity index is 1.86. The van der Waals surface area contributed by atoms with Crippen molar-refractivity contribution in [3.05, 3.63) is 50.9 Å². The number of carbonyl (C=O) groups is 1. The van der Waals surface area contributed by atoms with E-state index in [1.165, 1.54) is 10.6 Å². The molecule has 9 heteroatoms. The van der Waals surface area contributed by atoms with Gasteiger partial charge in [-0.25, -0.2) is 4.98 Å². The lowest BCUT2D eigenvalue weighted by atomic mass is 10.2. The van der Waals surface area contributed by atoms with Gasteiger partial charge in [0.25, 0.3) is 5.56 Å². The van der Waals surface area contributed by atoms with Gasteiger partial charge in [-0.05, 0) is 24.6 Å². The van der Waals surface area contributed by atoms with Gasteiger partial charge in [-0.2, -0.15) is 0 Å². The molecule has 3 rings (SSSR count). The smallest absolute Gasteiger partial charge is 0.255 e. The van der Waals surface area contributed by atoms with E-state index < -0.39 is 0 Å². The molecule has 1 aromatic heterocycles. The fraction of sp³-hybridized carbons (Fsp3) is 0.421. The summed E-state index contributed by atoms with van der Waals surface area (Å²) in [5.41, 5.74) is 1.70. The van der Waals surface area contributed by atoms with Crippen LogP contribution in [0.1, 0.15) is 11.3 Å². The number of aryl methyl sites for hydroxylation is 1. The molecule has 0 atom stereocenters. The molecule has 28 heavy (non-hydrogen) atoms. The number of rotatable bonds is 6. The van der Waals surface area contributed by atoms with Gasteiger partial charge in [-0.1, -0.05) is 17.7 Å². The Morgan fingerprint density at radius 1 is 1.32 bits per heavy atom. The molecule has 1 amide bonds. The highest BCUT2D eigenvalue weighted by molar-refractivity contribution is 6.33. The Kier molecular flexibility index (Phi) is 6.66. The number of methoxy groups -OCH3 is 1. The number of benzene rings is 1. The summed E-state index contributed by atoms with van der Waals surface area (Å²) < 4.78 is 11.8. The largest absolute Gasteiger partial charge is 0.378 e. The zero-order valence-corrected chi connectivity index (χ0v) is 16.7. The van der Waals surface area contributed by atoms with Crippen molar-refractivity contribution in [2.24, 2.45) is 0 Å². The van der Waals surface area contributed by atoms with Gasteiger partial charge in [-0.15, -0.1) is 0 Å². The molecule has 1 aromatic carbocycles. The Morgan fingerprint density at radius 3 is 2.75 bits per heavy atom. The first kappa shape index (κ1) is 20.3. The minimum absolute atomic E-state index is 0.171. The second-order valence-electron chi connectivity index (χ2n) is 6.54. The predicted octanol–water partition coefficient (Wildman–Crippen LogP) is 1.83. The standard InChI is InChI=1S/C19H23ClN4O4/c1-13-3-4-16(15(20)9-13)22-17(25)11-24-18(26)10-14(12-27-2)21-19(24)23-5-7-28-8-6-23/h3-4,9-10H,5-8,11-12H2,1-2H3,(H,22,25). The molecule has 0 spiro atoms. The summed E-state index contributed by atoms with van der Waals surface area (Å²) in [6, 6.07) is 6.75. The maximum Gasteiger partial charge on any atom is 0.255 e. The lowest BCUT2D eigenvalue weighted by Crippen LogP contribution is -2.42. The number of anilines is 2. The molecule has 0 aliphatic carbocycles. The molecule has 1 fully saturated rings. The Bertz CT molecular complexity index is 909. The van der Waals surface area contributed by atoms with Crippen molar-refractivity contribution >= 4 is 29.1 Å². The van der Waals surface area contributed by atoms with E-state index in [2.05, 4.69) is 10.3 Å². The van der Waals surface area contributed by atoms with Gasteiger partial charge in [0.15, 0.2) is 0 Å². The minimum Gasteiger partial charge on any atom is -0.378 e. The fourth-order valence-corrected chi connectivity index (χ4v) is 3.25. The van der Waals surface area contributed by atoms with Gasteiger partial charge in [-0.3, -0.25) is 14.2 Å².